The van der Waals surface area contributed by atoms with Crippen LogP contribution in [0.25, 0.3) is 10.4 Å². The summed E-state index contributed by atoms with van der Waals surface area (Å²) in [5.41, 5.74) is 1.28. The molecule has 13 heavy (non-hydrogen) atoms. The molecular weight excluding hydrogens is 203 g/mol. The molecule has 1 heterocycles. The van der Waals surface area contributed by atoms with Crippen molar-refractivity contribution >= 4 is 11.3 Å². The Kier molecular flexibility index (Phi) is 4.87. The van der Waals surface area contributed by atoms with Gasteiger partial charge in [-0.05, 0) is 6.92 Å². The van der Waals surface area contributed by atoms with Crippen molar-refractivity contribution in [3.8, 4) is 10.4 Å². The fraction of sp³-hybridized carbons (Fsp3) is 0.0909. The zero-order chi connectivity index (χ0) is 8.39. The van der Waals surface area contributed by atoms with E-state index in [1.165, 1.54) is 15.3 Å². The maximum absolute atomic E-state index is 3.19. The van der Waals surface area contributed by atoms with Gasteiger partial charge in [0.15, 0.2) is 0 Å². The molecule has 0 amide bonds. The number of aryl methyl sites for hydroxylation is 1. The third-order valence-corrected chi connectivity index (χ3v) is 2.73. The Morgan fingerprint density at radius 2 is 1.85 bits per heavy atom. The number of hydrogen-bond donors (Lipinski definition) is 0. The van der Waals surface area contributed by atoms with E-state index in [-0.39, 0.29) is 51.4 Å². The topological polar surface area (TPSA) is 0 Å². The summed E-state index contributed by atoms with van der Waals surface area (Å²) in [6.45, 7) is 2.08. The van der Waals surface area contributed by atoms with E-state index in [4.69, 9.17) is 0 Å². The molecule has 0 radical (unpaired) electrons. The number of rotatable bonds is 1. The molecule has 0 nitrogen and oxygen atoms in total. The van der Waals surface area contributed by atoms with E-state index in [1.807, 2.05) is 6.07 Å². The Hall–Kier alpha value is 0.556. The molecule has 2 aromatic rings. The zero-order valence-corrected chi connectivity index (χ0v) is 11.8. The maximum atomic E-state index is 3.19. The Labute approximate surface area is 125 Å². The second kappa shape index (κ2) is 5.44. The van der Waals surface area contributed by atoms with Gasteiger partial charge in [-0.3, -0.25) is 11.3 Å². The van der Waals surface area contributed by atoms with Crippen molar-refractivity contribution in [3.63, 3.8) is 0 Å². The molecule has 60 valence electrons. The minimum atomic E-state index is 0. The van der Waals surface area contributed by atoms with Crippen LogP contribution in [0.1, 0.15) is 4.88 Å². The van der Waals surface area contributed by atoms with Crippen LogP contribution in [0.2, 0.25) is 0 Å². The van der Waals surface area contributed by atoms with Gasteiger partial charge in [-0.1, -0.05) is 35.9 Å². The van der Waals surface area contributed by atoms with Crippen molar-refractivity contribution < 1.29 is 51.4 Å². The first kappa shape index (κ1) is 11.6. The van der Waals surface area contributed by atoms with Crippen LogP contribution in [0.5, 0.6) is 0 Å². The summed E-state index contributed by atoms with van der Waals surface area (Å²) in [5, 5.41) is 0. The summed E-state index contributed by atoms with van der Waals surface area (Å²) >= 11 is 1.79. The minimum absolute atomic E-state index is 0. The van der Waals surface area contributed by atoms with Crippen molar-refractivity contribution in [1.29, 1.82) is 0 Å². The molecule has 0 saturated heterocycles. The van der Waals surface area contributed by atoms with Crippen LogP contribution in [-0.2, 0) is 0 Å². The van der Waals surface area contributed by atoms with E-state index < -0.39 is 0 Å². The maximum Gasteiger partial charge on any atom is 1.00 e. The first-order valence-electron chi connectivity index (χ1n) is 3.90. The Morgan fingerprint density at radius 1 is 1.15 bits per heavy atom. The van der Waals surface area contributed by atoms with Crippen LogP contribution >= 0.6 is 11.3 Å². The van der Waals surface area contributed by atoms with Crippen molar-refractivity contribution in [3.05, 3.63) is 47.3 Å². The fourth-order valence-electron chi connectivity index (χ4n) is 1.14. The molecular formula is C11H9KS. The third kappa shape index (κ3) is 3.01. The summed E-state index contributed by atoms with van der Waals surface area (Å²) in [6.07, 6.45) is 0. The predicted octanol–water partition coefficient (Wildman–Crippen LogP) is 0.528. The van der Waals surface area contributed by atoms with E-state index in [0.717, 1.165) is 0 Å². The van der Waals surface area contributed by atoms with Gasteiger partial charge in [0.05, 0.1) is 0 Å². The molecule has 0 spiro atoms. The summed E-state index contributed by atoms with van der Waals surface area (Å²) < 4.78 is 0. The Morgan fingerprint density at radius 3 is 2.38 bits per heavy atom. The molecule has 0 atom stereocenters. The van der Waals surface area contributed by atoms with Crippen molar-refractivity contribution in [2.45, 2.75) is 6.92 Å². The van der Waals surface area contributed by atoms with Crippen LogP contribution in [0.4, 0.5) is 0 Å². The van der Waals surface area contributed by atoms with Crippen LogP contribution in [-0.4, -0.2) is 0 Å². The van der Waals surface area contributed by atoms with Crippen molar-refractivity contribution in [2.24, 2.45) is 0 Å². The molecule has 0 aliphatic carbocycles. The van der Waals surface area contributed by atoms with E-state index in [2.05, 4.69) is 43.3 Å². The standard InChI is InChI=1S/C11H9S.K/c1-9-7-8-11(12-9)10-5-3-2-4-6-10;/h2-6,8H,1H3;/q-1;+1. The molecule has 2 rings (SSSR count). The Bertz CT molecular complexity index is 365. The average molecular weight is 212 g/mol. The molecule has 1 aromatic heterocycles. The van der Waals surface area contributed by atoms with Crippen molar-refractivity contribution in [1.82, 2.24) is 0 Å². The SMILES string of the molecule is Cc1[c-]cc(-c2ccccc2)s1.[K+]. The molecule has 1 aromatic carbocycles. The van der Waals surface area contributed by atoms with Crippen molar-refractivity contribution in [2.75, 3.05) is 0 Å². The van der Waals surface area contributed by atoms with Gasteiger partial charge < -0.3 is 0 Å². The number of hydrogen-bond acceptors (Lipinski definition) is 1. The van der Waals surface area contributed by atoms with E-state index in [9.17, 15) is 0 Å². The first-order chi connectivity index (χ1) is 5.86. The van der Waals surface area contributed by atoms with Gasteiger partial charge in [0.25, 0.3) is 0 Å². The largest absolute Gasteiger partial charge is 1.00 e. The molecule has 0 unspecified atom stereocenters. The van der Waals surface area contributed by atoms with Gasteiger partial charge in [0, 0.05) is 0 Å². The molecule has 0 N–H and O–H groups in total. The zero-order valence-electron chi connectivity index (χ0n) is 7.87. The number of thiophene rings is 1. The second-order valence-corrected chi connectivity index (χ2v) is 3.93. The quantitative estimate of drug-likeness (QED) is 0.478. The summed E-state index contributed by atoms with van der Waals surface area (Å²) in [4.78, 5) is 2.54. The molecule has 0 saturated carbocycles. The van der Waals surface area contributed by atoms with Gasteiger partial charge in [0.1, 0.15) is 0 Å². The molecule has 0 aliphatic rings. The molecule has 0 aliphatic heterocycles. The van der Waals surface area contributed by atoms with Crippen LogP contribution in [0.3, 0.4) is 0 Å². The normalized spacial score (nSPS) is 9.31. The smallest absolute Gasteiger partial charge is 0.262 e. The van der Waals surface area contributed by atoms with Crippen LogP contribution < -0.4 is 51.4 Å². The molecule has 0 fully saturated rings. The molecule has 0 bridgehead atoms. The monoisotopic (exact) mass is 212 g/mol. The fourth-order valence-corrected chi connectivity index (χ4v) is 1.96. The van der Waals surface area contributed by atoms with Gasteiger partial charge in [-0.2, -0.15) is 0 Å². The number of benzene rings is 1. The second-order valence-electron chi connectivity index (χ2n) is 2.68. The van der Waals surface area contributed by atoms with Gasteiger partial charge >= 0.3 is 51.4 Å². The average Bonchev–Trinajstić information content (AvgIpc) is 2.54. The summed E-state index contributed by atoms with van der Waals surface area (Å²) in [6, 6.07) is 15.6. The minimum Gasteiger partial charge on any atom is -0.262 e. The third-order valence-electron chi connectivity index (χ3n) is 1.73. The first-order valence-corrected chi connectivity index (χ1v) is 4.71. The van der Waals surface area contributed by atoms with Gasteiger partial charge in [-0.25, -0.2) is 12.1 Å². The van der Waals surface area contributed by atoms with Crippen LogP contribution in [0, 0.1) is 13.0 Å². The Balaban J connectivity index is 0.000000845. The van der Waals surface area contributed by atoms with E-state index in [1.54, 1.807) is 11.3 Å². The molecule has 2 heteroatoms. The van der Waals surface area contributed by atoms with Crippen LogP contribution in [0.15, 0.2) is 36.4 Å². The van der Waals surface area contributed by atoms with E-state index in [0.29, 0.717) is 0 Å². The van der Waals surface area contributed by atoms with Gasteiger partial charge in [-0.15, -0.1) is 9.75 Å². The summed E-state index contributed by atoms with van der Waals surface area (Å²) in [7, 11) is 0. The predicted molar refractivity (Wildman–Crippen MR) is 53.3 cm³/mol. The summed E-state index contributed by atoms with van der Waals surface area (Å²) in [5.74, 6) is 0. The van der Waals surface area contributed by atoms with E-state index >= 15 is 0 Å². The van der Waals surface area contributed by atoms with Gasteiger partial charge in [0.2, 0.25) is 0 Å².